The Balaban J connectivity index is 0.000000500. The molecule has 0 aliphatic carbocycles. The second-order valence-corrected chi connectivity index (χ2v) is 2.42. The summed E-state index contributed by atoms with van der Waals surface area (Å²) in [4.78, 5) is 0. The topological polar surface area (TPSA) is 26.0 Å². The highest BCUT2D eigenvalue weighted by Crippen LogP contribution is 2.28. The van der Waals surface area contributed by atoms with Crippen LogP contribution in [0.15, 0.2) is 24.3 Å². The van der Waals surface area contributed by atoms with Gasteiger partial charge in [0.15, 0.2) is 0 Å². The van der Waals surface area contributed by atoms with E-state index in [-0.39, 0.29) is 0 Å². The van der Waals surface area contributed by atoms with Crippen LogP contribution in [-0.2, 0) is 6.18 Å². The molecule has 0 aliphatic rings. The highest BCUT2D eigenvalue weighted by Gasteiger charge is 2.30. The van der Waals surface area contributed by atoms with Crippen molar-refractivity contribution in [1.29, 1.82) is 0 Å². The molecule has 0 saturated heterocycles. The fourth-order valence-corrected chi connectivity index (χ4v) is 0.665. The molecule has 0 radical (unpaired) electrons. The van der Waals surface area contributed by atoms with Crippen LogP contribution in [0, 0.1) is 5.82 Å². The van der Waals surface area contributed by atoms with E-state index in [1.54, 1.807) is 0 Å². The van der Waals surface area contributed by atoms with E-state index < -0.39 is 17.6 Å². The van der Waals surface area contributed by atoms with Gasteiger partial charge in [-0.25, -0.2) is 4.39 Å². The Kier molecular flexibility index (Phi) is 5.15. The summed E-state index contributed by atoms with van der Waals surface area (Å²) >= 11 is 0. The molecular formula is C9H11F4N. The van der Waals surface area contributed by atoms with Crippen LogP contribution in [0.3, 0.4) is 0 Å². The van der Waals surface area contributed by atoms with Crippen molar-refractivity contribution in [1.82, 2.24) is 0 Å². The van der Waals surface area contributed by atoms with Crippen LogP contribution in [0.4, 0.5) is 17.6 Å². The molecule has 14 heavy (non-hydrogen) atoms. The number of hydrogen-bond acceptors (Lipinski definition) is 1. The molecule has 0 fully saturated rings. The monoisotopic (exact) mass is 209 g/mol. The molecule has 1 aromatic carbocycles. The first-order valence-electron chi connectivity index (χ1n) is 3.94. The minimum atomic E-state index is -4.46. The lowest BCUT2D eigenvalue weighted by Gasteiger charge is -2.04. The fraction of sp³-hybridized carbons (Fsp3) is 0.333. The molecule has 0 unspecified atom stereocenters. The van der Waals surface area contributed by atoms with E-state index in [4.69, 9.17) is 5.73 Å². The van der Waals surface area contributed by atoms with Gasteiger partial charge in [0, 0.05) is 0 Å². The van der Waals surface area contributed by atoms with E-state index in [2.05, 4.69) is 0 Å². The summed E-state index contributed by atoms with van der Waals surface area (Å²) in [6.45, 7) is 2.65. The Morgan fingerprint density at radius 3 is 2.07 bits per heavy atom. The van der Waals surface area contributed by atoms with Crippen LogP contribution < -0.4 is 5.73 Å². The molecule has 0 aliphatic heterocycles. The van der Waals surface area contributed by atoms with E-state index in [1.165, 1.54) is 0 Å². The van der Waals surface area contributed by atoms with E-state index in [0.717, 1.165) is 24.7 Å². The number of halogens is 4. The normalized spacial score (nSPS) is 10.4. The van der Waals surface area contributed by atoms with Crippen molar-refractivity contribution in [3.05, 3.63) is 35.6 Å². The molecule has 0 saturated carbocycles. The summed E-state index contributed by atoms with van der Waals surface area (Å²) in [5.74, 6) is -0.875. The number of benzene rings is 1. The van der Waals surface area contributed by atoms with Crippen LogP contribution in [-0.4, -0.2) is 6.54 Å². The third kappa shape index (κ3) is 4.81. The highest BCUT2D eigenvalue weighted by atomic mass is 19.4. The van der Waals surface area contributed by atoms with Gasteiger partial charge in [-0.3, -0.25) is 0 Å². The zero-order valence-corrected chi connectivity index (χ0v) is 7.61. The summed E-state index contributed by atoms with van der Waals surface area (Å²) < 4.78 is 47.6. The van der Waals surface area contributed by atoms with Gasteiger partial charge in [0.1, 0.15) is 5.82 Å². The van der Waals surface area contributed by atoms with Crippen molar-refractivity contribution in [2.75, 3.05) is 6.54 Å². The number of alkyl halides is 3. The van der Waals surface area contributed by atoms with E-state index in [9.17, 15) is 17.6 Å². The Morgan fingerprint density at radius 2 is 1.79 bits per heavy atom. The molecule has 0 spiro atoms. The summed E-state index contributed by atoms with van der Waals surface area (Å²) in [5, 5.41) is 0. The molecule has 0 bridgehead atoms. The minimum absolute atomic E-state index is 0.458. The molecular weight excluding hydrogens is 198 g/mol. The van der Waals surface area contributed by atoms with E-state index in [1.807, 2.05) is 6.92 Å². The van der Waals surface area contributed by atoms with Crippen LogP contribution >= 0.6 is 0 Å². The van der Waals surface area contributed by atoms with Crippen LogP contribution in [0.2, 0.25) is 0 Å². The Bertz CT molecular complexity index is 270. The minimum Gasteiger partial charge on any atom is -0.331 e. The van der Waals surface area contributed by atoms with Gasteiger partial charge >= 0.3 is 6.18 Å². The molecule has 1 nitrogen and oxygen atoms in total. The predicted molar refractivity (Wildman–Crippen MR) is 46.1 cm³/mol. The van der Waals surface area contributed by atoms with Gasteiger partial charge in [-0.15, -0.1) is 0 Å². The maximum atomic E-state index is 12.2. The second-order valence-electron chi connectivity index (χ2n) is 2.42. The highest BCUT2D eigenvalue weighted by molar-refractivity contribution is 5.18. The first kappa shape index (κ1) is 12.9. The average molecular weight is 209 g/mol. The van der Waals surface area contributed by atoms with Crippen molar-refractivity contribution in [2.24, 2.45) is 5.73 Å². The van der Waals surface area contributed by atoms with Crippen molar-refractivity contribution >= 4 is 0 Å². The van der Waals surface area contributed by atoms with E-state index in [0.29, 0.717) is 6.07 Å². The van der Waals surface area contributed by atoms with Crippen molar-refractivity contribution < 1.29 is 17.6 Å². The Morgan fingerprint density at radius 1 is 1.29 bits per heavy atom. The summed E-state index contributed by atoms with van der Waals surface area (Å²) in [6.07, 6.45) is -4.46. The molecule has 0 aromatic heterocycles. The molecule has 5 heteroatoms. The van der Waals surface area contributed by atoms with Crippen LogP contribution in [0.1, 0.15) is 12.5 Å². The first-order valence-corrected chi connectivity index (χ1v) is 3.94. The third-order valence-electron chi connectivity index (χ3n) is 1.15. The van der Waals surface area contributed by atoms with Gasteiger partial charge in [0.25, 0.3) is 0 Å². The van der Waals surface area contributed by atoms with Gasteiger partial charge < -0.3 is 5.73 Å². The van der Waals surface area contributed by atoms with Gasteiger partial charge in [-0.05, 0) is 24.7 Å². The fourth-order valence-electron chi connectivity index (χ4n) is 0.665. The largest absolute Gasteiger partial charge is 0.416 e. The third-order valence-corrected chi connectivity index (χ3v) is 1.15. The van der Waals surface area contributed by atoms with Gasteiger partial charge in [0.2, 0.25) is 0 Å². The molecule has 1 aromatic rings. The maximum Gasteiger partial charge on any atom is 0.416 e. The second kappa shape index (κ2) is 5.59. The Hall–Kier alpha value is -1.10. The van der Waals surface area contributed by atoms with E-state index >= 15 is 0 Å². The molecule has 1 rings (SSSR count). The van der Waals surface area contributed by atoms with Crippen molar-refractivity contribution in [2.45, 2.75) is 13.1 Å². The smallest absolute Gasteiger partial charge is 0.331 e. The standard InChI is InChI=1S/C7H4F4.C2H7N/c8-6-3-1-2-5(4-6)7(9,10)11;1-2-3/h1-4H;2-3H2,1H3. The van der Waals surface area contributed by atoms with Crippen molar-refractivity contribution in [3.63, 3.8) is 0 Å². The SMILES string of the molecule is CCN.Fc1cccc(C(F)(F)F)c1. The van der Waals surface area contributed by atoms with Gasteiger partial charge in [-0.2, -0.15) is 13.2 Å². The quantitative estimate of drug-likeness (QED) is 0.653. The summed E-state index contributed by atoms with van der Waals surface area (Å²) in [5.41, 5.74) is 3.89. The van der Waals surface area contributed by atoms with Crippen LogP contribution in [0.25, 0.3) is 0 Å². The van der Waals surface area contributed by atoms with Gasteiger partial charge in [0.05, 0.1) is 5.56 Å². The van der Waals surface area contributed by atoms with Crippen LogP contribution in [0.5, 0.6) is 0 Å². The summed E-state index contributed by atoms with van der Waals surface area (Å²) in [6, 6.07) is 3.27. The number of hydrogen-bond donors (Lipinski definition) is 1. The Labute approximate surface area is 79.5 Å². The number of nitrogens with two attached hydrogens (primary N) is 1. The maximum absolute atomic E-state index is 12.2. The predicted octanol–water partition coefficient (Wildman–Crippen LogP) is 2.81. The lowest BCUT2D eigenvalue weighted by Crippen LogP contribution is -2.04. The summed E-state index contributed by atoms with van der Waals surface area (Å²) in [7, 11) is 0. The zero-order valence-electron chi connectivity index (χ0n) is 7.61. The van der Waals surface area contributed by atoms with Crippen molar-refractivity contribution in [3.8, 4) is 0 Å². The zero-order chi connectivity index (χ0) is 11.2. The first-order chi connectivity index (χ1) is 6.41. The lowest BCUT2D eigenvalue weighted by molar-refractivity contribution is -0.137. The van der Waals surface area contributed by atoms with Gasteiger partial charge in [-0.1, -0.05) is 13.0 Å². The molecule has 80 valence electrons. The molecule has 2 N–H and O–H groups in total. The molecule has 0 heterocycles. The molecule has 0 atom stereocenters. The molecule has 0 amide bonds. The number of rotatable bonds is 0. The average Bonchev–Trinajstić information content (AvgIpc) is 2.04. The lowest BCUT2D eigenvalue weighted by atomic mass is 10.2.